The van der Waals surface area contributed by atoms with Gasteiger partial charge in [0.1, 0.15) is 5.82 Å². The van der Waals surface area contributed by atoms with E-state index in [1.54, 1.807) is 12.1 Å². The Hall–Kier alpha value is -1.67. The molecule has 100 valence electrons. The molecule has 2 aromatic rings. The van der Waals surface area contributed by atoms with Crippen LogP contribution in [0.1, 0.15) is 33.9 Å². The molecule has 0 heterocycles. The van der Waals surface area contributed by atoms with Crippen LogP contribution in [-0.2, 0) is 0 Å². The molecule has 0 radical (unpaired) electrons. The van der Waals surface area contributed by atoms with Crippen molar-refractivity contribution in [2.45, 2.75) is 26.8 Å². The molecule has 19 heavy (non-hydrogen) atoms. The van der Waals surface area contributed by atoms with Crippen LogP contribution >= 0.6 is 0 Å². The minimum atomic E-state index is -0.179. The number of hydrogen-bond donors (Lipinski definition) is 1. The largest absolute Gasteiger partial charge is 0.309 e. The summed E-state index contributed by atoms with van der Waals surface area (Å²) in [7, 11) is 1.91. The van der Waals surface area contributed by atoms with Crippen LogP contribution in [-0.4, -0.2) is 7.05 Å². The van der Waals surface area contributed by atoms with E-state index >= 15 is 0 Å². The van der Waals surface area contributed by atoms with E-state index in [1.165, 1.54) is 16.7 Å². The van der Waals surface area contributed by atoms with Gasteiger partial charge in [-0.05, 0) is 67.8 Å². The average molecular weight is 257 g/mol. The number of hydrogen-bond acceptors (Lipinski definition) is 1. The summed E-state index contributed by atoms with van der Waals surface area (Å²) >= 11 is 0. The van der Waals surface area contributed by atoms with Crippen LogP contribution in [0.25, 0.3) is 0 Å². The van der Waals surface area contributed by atoms with Crippen LogP contribution in [0.5, 0.6) is 0 Å². The minimum Gasteiger partial charge on any atom is -0.309 e. The summed E-state index contributed by atoms with van der Waals surface area (Å²) < 4.78 is 13.6. The summed E-state index contributed by atoms with van der Waals surface area (Å²) in [6.07, 6.45) is 0. The molecular formula is C17H20FN. The lowest BCUT2D eigenvalue weighted by molar-refractivity contribution is 0.614. The predicted octanol–water partition coefficient (Wildman–Crippen LogP) is 4.06. The molecule has 0 fully saturated rings. The molecule has 1 unspecified atom stereocenters. The fourth-order valence-electron chi connectivity index (χ4n) is 2.69. The van der Waals surface area contributed by atoms with Gasteiger partial charge >= 0.3 is 0 Å². The highest BCUT2D eigenvalue weighted by molar-refractivity contribution is 5.42. The van der Waals surface area contributed by atoms with Gasteiger partial charge < -0.3 is 5.32 Å². The summed E-state index contributed by atoms with van der Waals surface area (Å²) in [6, 6.07) is 11.5. The molecule has 1 nitrogen and oxygen atoms in total. The van der Waals surface area contributed by atoms with Gasteiger partial charge in [-0.1, -0.05) is 24.3 Å². The van der Waals surface area contributed by atoms with Gasteiger partial charge in [0.15, 0.2) is 0 Å². The van der Waals surface area contributed by atoms with Crippen LogP contribution in [0.4, 0.5) is 4.39 Å². The van der Waals surface area contributed by atoms with Gasteiger partial charge in [0.05, 0.1) is 6.04 Å². The topological polar surface area (TPSA) is 12.0 Å². The number of nitrogens with one attached hydrogen (secondary N) is 1. The molecule has 0 saturated heterocycles. The van der Waals surface area contributed by atoms with E-state index in [2.05, 4.69) is 37.4 Å². The third-order valence-corrected chi connectivity index (χ3v) is 3.52. The van der Waals surface area contributed by atoms with Crippen LogP contribution < -0.4 is 5.32 Å². The van der Waals surface area contributed by atoms with Crippen LogP contribution in [0.15, 0.2) is 36.4 Å². The fraction of sp³-hybridized carbons (Fsp3) is 0.294. The van der Waals surface area contributed by atoms with Crippen molar-refractivity contribution in [3.8, 4) is 0 Å². The lowest BCUT2D eigenvalue weighted by Gasteiger charge is -2.22. The predicted molar refractivity (Wildman–Crippen MR) is 78.0 cm³/mol. The van der Waals surface area contributed by atoms with Crippen molar-refractivity contribution >= 4 is 0 Å². The quantitative estimate of drug-likeness (QED) is 0.874. The van der Waals surface area contributed by atoms with Crippen molar-refractivity contribution in [2.24, 2.45) is 0 Å². The molecule has 0 bridgehead atoms. The second kappa shape index (κ2) is 5.54. The van der Waals surface area contributed by atoms with Gasteiger partial charge in [-0.2, -0.15) is 0 Å². The Labute approximate surface area is 114 Å². The maximum Gasteiger partial charge on any atom is 0.123 e. The zero-order chi connectivity index (χ0) is 14.0. The highest BCUT2D eigenvalue weighted by Crippen LogP contribution is 2.28. The van der Waals surface area contributed by atoms with E-state index in [9.17, 15) is 4.39 Å². The van der Waals surface area contributed by atoms with E-state index in [4.69, 9.17) is 0 Å². The van der Waals surface area contributed by atoms with Crippen LogP contribution in [0, 0.1) is 26.6 Å². The van der Waals surface area contributed by atoms with Crippen molar-refractivity contribution in [1.82, 2.24) is 5.32 Å². The lowest BCUT2D eigenvalue weighted by Crippen LogP contribution is -2.20. The Morgan fingerprint density at radius 3 is 2.16 bits per heavy atom. The molecule has 2 heteroatoms. The summed E-state index contributed by atoms with van der Waals surface area (Å²) in [5, 5.41) is 3.30. The second-order valence-electron chi connectivity index (χ2n) is 5.09. The van der Waals surface area contributed by atoms with E-state index < -0.39 is 0 Å². The summed E-state index contributed by atoms with van der Waals surface area (Å²) in [6.45, 7) is 6.11. The standard InChI is InChI=1S/C17H20FN/c1-11-8-14(10-15(18)9-11)17(19-4)16-12(2)6-5-7-13(16)3/h5-10,17,19H,1-4H3. The molecule has 1 N–H and O–H groups in total. The Kier molecular flexibility index (Phi) is 4.01. The molecule has 0 spiro atoms. The summed E-state index contributed by atoms with van der Waals surface area (Å²) in [4.78, 5) is 0. The van der Waals surface area contributed by atoms with E-state index in [0.29, 0.717) is 0 Å². The van der Waals surface area contributed by atoms with Gasteiger partial charge in [0.2, 0.25) is 0 Å². The fourth-order valence-corrected chi connectivity index (χ4v) is 2.69. The molecule has 0 saturated carbocycles. The zero-order valence-electron chi connectivity index (χ0n) is 11.9. The number of halogens is 1. The van der Waals surface area contributed by atoms with Gasteiger partial charge in [0, 0.05) is 0 Å². The molecule has 2 aromatic carbocycles. The maximum atomic E-state index is 13.6. The van der Waals surface area contributed by atoms with Crippen molar-refractivity contribution in [3.05, 3.63) is 70.0 Å². The van der Waals surface area contributed by atoms with E-state index in [1.807, 2.05) is 20.0 Å². The van der Waals surface area contributed by atoms with Crippen molar-refractivity contribution in [3.63, 3.8) is 0 Å². The molecule has 0 aromatic heterocycles. The molecule has 0 amide bonds. The number of benzene rings is 2. The lowest BCUT2D eigenvalue weighted by atomic mass is 9.91. The average Bonchev–Trinajstić information content (AvgIpc) is 2.32. The zero-order valence-corrected chi connectivity index (χ0v) is 11.9. The third-order valence-electron chi connectivity index (χ3n) is 3.52. The van der Waals surface area contributed by atoms with Crippen LogP contribution in [0.3, 0.4) is 0 Å². The minimum absolute atomic E-state index is 0.0237. The van der Waals surface area contributed by atoms with Gasteiger partial charge in [-0.3, -0.25) is 0 Å². The SMILES string of the molecule is CNC(c1cc(C)cc(F)c1)c1c(C)cccc1C. The highest BCUT2D eigenvalue weighted by atomic mass is 19.1. The summed E-state index contributed by atoms with van der Waals surface area (Å²) in [5.74, 6) is -0.179. The Bertz CT molecular complexity index is 549. The highest BCUT2D eigenvalue weighted by Gasteiger charge is 2.17. The normalized spacial score (nSPS) is 12.5. The second-order valence-corrected chi connectivity index (χ2v) is 5.09. The molecular weight excluding hydrogens is 237 g/mol. The molecule has 0 aliphatic carbocycles. The van der Waals surface area contributed by atoms with E-state index in [-0.39, 0.29) is 11.9 Å². The van der Waals surface area contributed by atoms with Crippen LogP contribution in [0.2, 0.25) is 0 Å². The molecule has 2 rings (SSSR count). The first-order valence-electron chi connectivity index (χ1n) is 6.53. The first kappa shape index (κ1) is 13.8. The molecule has 0 aliphatic rings. The molecule has 1 atom stereocenters. The first-order valence-corrected chi connectivity index (χ1v) is 6.53. The van der Waals surface area contributed by atoms with Gasteiger partial charge in [0.25, 0.3) is 0 Å². The van der Waals surface area contributed by atoms with Crippen molar-refractivity contribution < 1.29 is 4.39 Å². The van der Waals surface area contributed by atoms with Gasteiger partial charge in [-0.25, -0.2) is 4.39 Å². The van der Waals surface area contributed by atoms with Crippen molar-refractivity contribution in [1.29, 1.82) is 0 Å². The smallest absolute Gasteiger partial charge is 0.123 e. The van der Waals surface area contributed by atoms with Gasteiger partial charge in [-0.15, -0.1) is 0 Å². The van der Waals surface area contributed by atoms with Crippen molar-refractivity contribution in [2.75, 3.05) is 7.05 Å². The Balaban J connectivity index is 2.56. The Morgan fingerprint density at radius 1 is 1.00 bits per heavy atom. The number of rotatable bonds is 3. The first-order chi connectivity index (χ1) is 9.02. The molecule has 0 aliphatic heterocycles. The third kappa shape index (κ3) is 2.85. The number of aryl methyl sites for hydroxylation is 3. The Morgan fingerprint density at radius 2 is 1.63 bits per heavy atom. The maximum absolute atomic E-state index is 13.6. The summed E-state index contributed by atoms with van der Waals surface area (Å²) in [5.41, 5.74) is 5.59. The van der Waals surface area contributed by atoms with E-state index in [0.717, 1.165) is 11.1 Å². The monoisotopic (exact) mass is 257 g/mol.